The van der Waals surface area contributed by atoms with Gasteiger partial charge in [0.05, 0.1) is 23.7 Å². The first-order valence-corrected chi connectivity index (χ1v) is 5.72. The second-order valence-electron chi connectivity index (χ2n) is 3.99. The molecule has 1 aromatic heterocycles. The normalized spacial score (nSPS) is 10.4. The molecule has 3 N–H and O–H groups in total. The summed E-state index contributed by atoms with van der Waals surface area (Å²) in [5, 5.41) is 10.8. The van der Waals surface area contributed by atoms with Gasteiger partial charge in [0.1, 0.15) is 5.82 Å². The van der Waals surface area contributed by atoms with E-state index in [4.69, 9.17) is 10.5 Å². The van der Waals surface area contributed by atoms with E-state index in [2.05, 4.69) is 9.97 Å². The van der Waals surface area contributed by atoms with E-state index in [1.807, 2.05) is 0 Å². The Kier molecular flexibility index (Phi) is 4.06. The van der Waals surface area contributed by atoms with Crippen LogP contribution in [0, 0.1) is 10.1 Å². The summed E-state index contributed by atoms with van der Waals surface area (Å²) < 4.78 is 5.37. The number of hydrogen-bond acceptors (Lipinski definition) is 6. The van der Waals surface area contributed by atoms with Gasteiger partial charge in [-0.1, -0.05) is 12.1 Å². The minimum atomic E-state index is -0.537. The van der Waals surface area contributed by atoms with Crippen LogP contribution < -0.4 is 11.4 Å². The van der Waals surface area contributed by atoms with Crippen LogP contribution in [-0.4, -0.2) is 14.9 Å². The number of nitrogen functional groups attached to an aromatic ring is 1. The number of benzene rings is 1. The Balaban J connectivity index is 2.03. The van der Waals surface area contributed by atoms with E-state index in [0.717, 1.165) is 0 Å². The fourth-order valence-electron chi connectivity index (χ4n) is 1.63. The van der Waals surface area contributed by atoms with Crippen molar-refractivity contribution < 1.29 is 9.66 Å². The van der Waals surface area contributed by atoms with Crippen LogP contribution in [0.5, 0.6) is 0 Å². The van der Waals surface area contributed by atoms with Crippen molar-refractivity contribution in [3.63, 3.8) is 0 Å². The van der Waals surface area contributed by atoms with Crippen molar-refractivity contribution in [1.29, 1.82) is 0 Å². The summed E-state index contributed by atoms with van der Waals surface area (Å²) in [7, 11) is 0. The number of nitrogens with zero attached hydrogens (tertiary/aromatic N) is 2. The fraction of sp³-hybridized carbons (Fsp3) is 0.167. The number of hydrogen-bond donors (Lipinski definition) is 2. The molecule has 2 aromatic rings. The maximum absolute atomic E-state index is 10.9. The lowest BCUT2D eigenvalue weighted by molar-refractivity contribution is -0.386. The van der Waals surface area contributed by atoms with Crippen LogP contribution in [0.1, 0.15) is 11.1 Å². The van der Waals surface area contributed by atoms with Crippen LogP contribution in [0.2, 0.25) is 0 Å². The molecule has 0 atom stereocenters. The highest BCUT2D eigenvalue weighted by Gasteiger charge is 2.12. The summed E-state index contributed by atoms with van der Waals surface area (Å²) in [6.45, 7) is 0.164. The maximum atomic E-state index is 10.9. The molecular weight excluding hydrogens is 264 g/mol. The summed E-state index contributed by atoms with van der Waals surface area (Å²) in [6, 6.07) is 6.31. The molecule has 0 radical (unpaired) electrons. The summed E-state index contributed by atoms with van der Waals surface area (Å²) in [6.07, 6.45) is 1.41. The van der Waals surface area contributed by atoms with Gasteiger partial charge in [0.25, 0.3) is 5.69 Å². The second-order valence-corrected chi connectivity index (χ2v) is 3.99. The summed E-state index contributed by atoms with van der Waals surface area (Å²) in [4.78, 5) is 27.2. The Hall–Kier alpha value is -2.74. The van der Waals surface area contributed by atoms with Gasteiger partial charge >= 0.3 is 5.69 Å². The average molecular weight is 276 g/mol. The first-order chi connectivity index (χ1) is 9.58. The molecule has 0 aliphatic carbocycles. The van der Waals surface area contributed by atoms with Crippen molar-refractivity contribution in [3.8, 4) is 0 Å². The number of nitrogens with one attached hydrogen (secondary N) is 1. The number of nitro groups is 1. The van der Waals surface area contributed by atoms with Crippen molar-refractivity contribution in [2.45, 2.75) is 13.2 Å². The predicted octanol–water partition coefficient (Wildman–Crippen LogP) is 0.977. The molecule has 1 aromatic carbocycles. The predicted molar refractivity (Wildman–Crippen MR) is 70.9 cm³/mol. The molecule has 2 rings (SSSR count). The molecule has 0 saturated carbocycles. The zero-order valence-electron chi connectivity index (χ0n) is 10.4. The minimum absolute atomic E-state index is 0.0000607. The number of ether oxygens (including phenoxy) is 1. The lowest BCUT2D eigenvalue weighted by atomic mass is 10.2. The van der Waals surface area contributed by atoms with Gasteiger partial charge in [0, 0.05) is 17.8 Å². The molecule has 0 amide bonds. The van der Waals surface area contributed by atoms with E-state index in [0.29, 0.717) is 11.1 Å². The second kappa shape index (κ2) is 5.93. The Bertz CT molecular complexity index is 683. The van der Waals surface area contributed by atoms with E-state index >= 15 is 0 Å². The van der Waals surface area contributed by atoms with Gasteiger partial charge in [-0.25, -0.2) is 4.79 Å². The number of rotatable bonds is 5. The number of H-pyrrole nitrogens is 1. The lowest BCUT2D eigenvalue weighted by Gasteiger charge is -2.06. The molecular formula is C12H12N4O4. The summed E-state index contributed by atoms with van der Waals surface area (Å²) in [5.41, 5.74) is 6.01. The molecule has 104 valence electrons. The zero-order chi connectivity index (χ0) is 14.5. The van der Waals surface area contributed by atoms with Crippen molar-refractivity contribution in [2.24, 2.45) is 0 Å². The van der Waals surface area contributed by atoms with Crippen LogP contribution in [0.15, 0.2) is 35.3 Å². The van der Waals surface area contributed by atoms with Crippen molar-refractivity contribution >= 4 is 11.5 Å². The van der Waals surface area contributed by atoms with Gasteiger partial charge in [-0.3, -0.25) is 10.1 Å². The highest BCUT2D eigenvalue weighted by atomic mass is 16.6. The molecule has 1 heterocycles. The summed E-state index contributed by atoms with van der Waals surface area (Å²) >= 11 is 0. The van der Waals surface area contributed by atoms with Gasteiger partial charge in [-0.05, 0) is 6.07 Å². The number of para-hydroxylation sites is 1. The average Bonchev–Trinajstić information content (AvgIpc) is 2.41. The van der Waals surface area contributed by atoms with Crippen molar-refractivity contribution in [3.05, 3.63) is 62.2 Å². The van der Waals surface area contributed by atoms with Gasteiger partial charge in [0.2, 0.25) is 0 Å². The molecule has 0 aliphatic rings. The number of anilines is 1. The fourth-order valence-corrected chi connectivity index (χ4v) is 1.63. The Morgan fingerprint density at radius 2 is 2.00 bits per heavy atom. The molecule has 8 heteroatoms. The third-order valence-corrected chi connectivity index (χ3v) is 2.62. The lowest BCUT2D eigenvalue weighted by Crippen LogP contribution is -2.14. The van der Waals surface area contributed by atoms with Crippen LogP contribution in [0.25, 0.3) is 0 Å². The third-order valence-electron chi connectivity index (χ3n) is 2.62. The standard InChI is InChI=1S/C12H12N4O4/c13-11-9(5-14-12(17)15-11)7-20-6-8-3-1-2-4-10(8)16(18)19/h1-5H,6-7H2,(H3,13,14,15,17). The van der Waals surface area contributed by atoms with Crippen LogP contribution in [0.3, 0.4) is 0 Å². The molecule has 0 aliphatic heterocycles. The third kappa shape index (κ3) is 3.18. The van der Waals surface area contributed by atoms with Gasteiger partial charge in [0.15, 0.2) is 0 Å². The van der Waals surface area contributed by atoms with Crippen LogP contribution in [-0.2, 0) is 18.0 Å². The van der Waals surface area contributed by atoms with Gasteiger partial charge < -0.3 is 15.5 Å². The maximum Gasteiger partial charge on any atom is 0.346 e. The van der Waals surface area contributed by atoms with Crippen molar-refractivity contribution in [2.75, 3.05) is 5.73 Å². The first-order valence-electron chi connectivity index (χ1n) is 5.72. The Labute approximate surface area is 113 Å². The number of nitrogens with two attached hydrogens (primary N) is 1. The zero-order valence-corrected chi connectivity index (χ0v) is 10.4. The highest BCUT2D eigenvalue weighted by molar-refractivity contribution is 5.39. The molecule has 0 saturated heterocycles. The SMILES string of the molecule is Nc1nc(=O)[nH]cc1COCc1ccccc1[N+](=O)[O-]. The quantitative estimate of drug-likeness (QED) is 0.619. The first kappa shape index (κ1) is 13.7. The summed E-state index contributed by atoms with van der Waals surface area (Å²) in [5.74, 6) is 0.0799. The van der Waals surface area contributed by atoms with E-state index in [9.17, 15) is 14.9 Å². The smallest absolute Gasteiger partial charge is 0.346 e. The minimum Gasteiger partial charge on any atom is -0.383 e. The molecule has 0 spiro atoms. The van der Waals surface area contributed by atoms with E-state index in [1.165, 1.54) is 12.3 Å². The number of aromatic amines is 1. The largest absolute Gasteiger partial charge is 0.383 e. The van der Waals surface area contributed by atoms with E-state index < -0.39 is 10.6 Å². The number of aromatic nitrogens is 2. The molecule has 0 bridgehead atoms. The Morgan fingerprint density at radius 3 is 2.70 bits per heavy atom. The topological polar surface area (TPSA) is 124 Å². The Morgan fingerprint density at radius 1 is 1.30 bits per heavy atom. The monoisotopic (exact) mass is 276 g/mol. The van der Waals surface area contributed by atoms with Crippen LogP contribution >= 0.6 is 0 Å². The molecule has 0 unspecified atom stereocenters. The molecule has 8 nitrogen and oxygen atoms in total. The molecule has 20 heavy (non-hydrogen) atoms. The van der Waals surface area contributed by atoms with Crippen molar-refractivity contribution in [1.82, 2.24) is 9.97 Å². The van der Waals surface area contributed by atoms with E-state index in [1.54, 1.807) is 18.2 Å². The van der Waals surface area contributed by atoms with Gasteiger partial charge in [-0.2, -0.15) is 4.98 Å². The van der Waals surface area contributed by atoms with E-state index in [-0.39, 0.29) is 24.7 Å². The van der Waals surface area contributed by atoms with Crippen LogP contribution in [0.4, 0.5) is 11.5 Å². The van der Waals surface area contributed by atoms with Gasteiger partial charge in [-0.15, -0.1) is 0 Å². The molecule has 0 fully saturated rings. The highest BCUT2D eigenvalue weighted by Crippen LogP contribution is 2.19. The number of nitro benzene ring substituents is 1.